The van der Waals surface area contributed by atoms with Crippen molar-refractivity contribution in [1.82, 2.24) is 4.90 Å². The molecule has 1 aromatic rings. The van der Waals surface area contributed by atoms with E-state index < -0.39 is 0 Å². The van der Waals surface area contributed by atoms with E-state index in [9.17, 15) is 0 Å². The van der Waals surface area contributed by atoms with Crippen LogP contribution in [0.1, 0.15) is 57.1 Å². The molecule has 1 saturated heterocycles. The van der Waals surface area contributed by atoms with Gasteiger partial charge in [-0.05, 0) is 61.7 Å². The summed E-state index contributed by atoms with van der Waals surface area (Å²) >= 11 is 0. The monoisotopic (exact) mass is 286 g/mol. The van der Waals surface area contributed by atoms with E-state index in [-0.39, 0.29) is 5.54 Å². The van der Waals surface area contributed by atoms with Gasteiger partial charge >= 0.3 is 0 Å². The van der Waals surface area contributed by atoms with Crippen molar-refractivity contribution in [3.05, 3.63) is 35.4 Å². The molecule has 1 fully saturated rings. The second kappa shape index (κ2) is 5.73. The molecule has 2 nitrogen and oxygen atoms in total. The quantitative estimate of drug-likeness (QED) is 0.918. The van der Waals surface area contributed by atoms with Gasteiger partial charge in [-0.15, -0.1) is 0 Å². The molecule has 21 heavy (non-hydrogen) atoms. The number of nitrogens with two attached hydrogens (primary N) is 1. The van der Waals surface area contributed by atoms with Crippen molar-refractivity contribution in [2.45, 2.75) is 57.9 Å². The fraction of sp³-hybridized carbons (Fsp3) is 0.684. The molecule has 1 aliphatic carbocycles. The molecule has 1 aliphatic heterocycles. The van der Waals surface area contributed by atoms with Crippen molar-refractivity contribution in [2.24, 2.45) is 11.1 Å². The first-order valence-corrected chi connectivity index (χ1v) is 8.67. The summed E-state index contributed by atoms with van der Waals surface area (Å²) in [6, 6.07) is 9.00. The highest BCUT2D eigenvalue weighted by atomic mass is 15.2. The number of hydrogen-bond acceptors (Lipinski definition) is 2. The highest BCUT2D eigenvalue weighted by Gasteiger charge is 2.43. The van der Waals surface area contributed by atoms with Gasteiger partial charge in [0.05, 0.1) is 5.54 Å². The van der Waals surface area contributed by atoms with Gasteiger partial charge in [0.1, 0.15) is 0 Å². The Morgan fingerprint density at radius 2 is 1.86 bits per heavy atom. The third-order valence-electron chi connectivity index (χ3n) is 6.32. The molecule has 1 heterocycles. The summed E-state index contributed by atoms with van der Waals surface area (Å²) in [5, 5.41) is 0. The smallest absolute Gasteiger partial charge is 0.0586 e. The molecule has 116 valence electrons. The van der Waals surface area contributed by atoms with Crippen molar-refractivity contribution >= 4 is 0 Å². The summed E-state index contributed by atoms with van der Waals surface area (Å²) in [7, 11) is 0. The van der Waals surface area contributed by atoms with E-state index in [4.69, 9.17) is 5.73 Å². The second-order valence-corrected chi connectivity index (χ2v) is 7.40. The molecule has 1 unspecified atom stereocenters. The van der Waals surface area contributed by atoms with Crippen LogP contribution in [-0.4, -0.2) is 24.5 Å². The Morgan fingerprint density at radius 3 is 2.52 bits per heavy atom. The van der Waals surface area contributed by atoms with Crippen LogP contribution >= 0.6 is 0 Å². The fourth-order valence-electron chi connectivity index (χ4n) is 4.40. The van der Waals surface area contributed by atoms with Gasteiger partial charge in [-0.3, -0.25) is 4.90 Å². The summed E-state index contributed by atoms with van der Waals surface area (Å²) in [5.74, 6) is 0. The van der Waals surface area contributed by atoms with Crippen molar-refractivity contribution in [2.75, 3.05) is 19.6 Å². The maximum absolute atomic E-state index is 6.34. The zero-order chi connectivity index (χ0) is 14.9. The van der Waals surface area contributed by atoms with E-state index in [2.05, 4.69) is 43.0 Å². The topological polar surface area (TPSA) is 29.3 Å². The number of rotatable bonds is 3. The van der Waals surface area contributed by atoms with Gasteiger partial charge in [0.15, 0.2) is 0 Å². The average Bonchev–Trinajstić information content (AvgIpc) is 2.55. The minimum atomic E-state index is 0.101. The number of likely N-dealkylation sites (tertiary alicyclic amines) is 1. The number of nitrogens with zero attached hydrogens (tertiary/aromatic N) is 1. The van der Waals surface area contributed by atoms with Gasteiger partial charge in [-0.1, -0.05) is 44.5 Å². The largest absolute Gasteiger partial charge is 0.328 e. The zero-order valence-electron chi connectivity index (χ0n) is 13.7. The summed E-state index contributed by atoms with van der Waals surface area (Å²) in [4.78, 5) is 2.71. The van der Waals surface area contributed by atoms with Crippen molar-refractivity contribution in [3.8, 4) is 0 Å². The van der Waals surface area contributed by atoms with Crippen molar-refractivity contribution in [1.29, 1.82) is 0 Å². The Bertz CT molecular complexity index is 488. The number of benzene rings is 1. The van der Waals surface area contributed by atoms with E-state index in [0.29, 0.717) is 5.41 Å². The average molecular weight is 286 g/mol. The number of fused-ring (bicyclic) bond motifs is 1. The summed E-state index contributed by atoms with van der Waals surface area (Å²) in [6.45, 7) is 7.96. The molecule has 3 rings (SSSR count). The highest BCUT2D eigenvalue weighted by Crippen LogP contribution is 2.44. The molecular weight excluding hydrogens is 256 g/mol. The molecule has 1 aromatic carbocycles. The van der Waals surface area contributed by atoms with Gasteiger partial charge in [0.2, 0.25) is 0 Å². The van der Waals surface area contributed by atoms with Crippen LogP contribution < -0.4 is 5.73 Å². The lowest BCUT2D eigenvalue weighted by atomic mass is 9.72. The van der Waals surface area contributed by atoms with Crippen LogP contribution in [0.5, 0.6) is 0 Å². The summed E-state index contributed by atoms with van der Waals surface area (Å²) in [6.07, 6.45) is 7.64. The maximum atomic E-state index is 6.34. The standard InChI is InChI=1S/C19H30N2/c1-3-18(2)11-13-21(14-12-18)19(15-20)10-6-8-16-7-4-5-9-17(16)19/h4-5,7,9H,3,6,8,10-15,20H2,1-2H3. The normalized spacial score (nSPS) is 29.1. The molecule has 0 bridgehead atoms. The molecule has 1 atom stereocenters. The summed E-state index contributed by atoms with van der Waals surface area (Å²) < 4.78 is 0. The predicted octanol–water partition coefficient (Wildman–Crippen LogP) is 3.69. The molecule has 0 aromatic heterocycles. The predicted molar refractivity (Wildman–Crippen MR) is 89.3 cm³/mol. The van der Waals surface area contributed by atoms with E-state index in [0.717, 1.165) is 6.54 Å². The maximum Gasteiger partial charge on any atom is 0.0586 e. The van der Waals surface area contributed by atoms with Gasteiger partial charge in [0.25, 0.3) is 0 Å². The van der Waals surface area contributed by atoms with Crippen LogP contribution in [0.4, 0.5) is 0 Å². The molecule has 2 N–H and O–H groups in total. The van der Waals surface area contributed by atoms with E-state index in [1.165, 1.54) is 62.7 Å². The summed E-state index contributed by atoms with van der Waals surface area (Å²) in [5.41, 5.74) is 10.0. The third-order valence-corrected chi connectivity index (χ3v) is 6.32. The molecule has 0 radical (unpaired) electrons. The third kappa shape index (κ3) is 2.53. The van der Waals surface area contributed by atoms with E-state index in [1.54, 1.807) is 0 Å². The van der Waals surface area contributed by atoms with E-state index in [1.807, 2.05) is 0 Å². The zero-order valence-corrected chi connectivity index (χ0v) is 13.7. The molecule has 0 saturated carbocycles. The Labute approximate surface area is 129 Å². The molecule has 0 spiro atoms. The molecule has 2 aliphatic rings. The van der Waals surface area contributed by atoms with Crippen LogP contribution in [0.3, 0.4) is 0 Å². The fourth-order valence-corrected chi connectivity index (χ4v) is 4.40. The number of aryl methyl sites for hydroxylation is 1. The molecule has 2 heteroatoms. The van der Waals surface area contributed by atoms with Gasteiger partial charge < -0.3 is 5.73 Å². The number of hydrogen-bond donors (Lipinski definition) is 1. The minimum Gasteiger partial charge on any atom is -0.328 e. The van der Waals surface area contributed by atoms with Crippen LogP contribution in [0.15, 0.2) is 24.3 Å². The SMILES string of the molecule is CCC1(C)CCN(C2(CN)CCCc3ccccc32)CC1. The first kappa shape index (κ1) is 15.1. The van der Waals surface area contributed by atoms with Gasteiger partial charge in [0, 0.05) is 6.54 Å². The van der Waals surface area contributed by atoms with Gasteiger partial charge in [-0.25, -0.2) is 0 Å². The lowest BCUT2D eigenvalue weighted by Gasteiger charge is -2.51. The molecular formula is C19H30N2. The van der Waals surface area contributed by atoms with Gasteiger partial charge in [-0.2, -0.15) is 0 Å². The highest BCUT2D eigenvalue weighted by molar-refractivity contribution is 5.37. The lowest BCUT2D eigenvalue weighted by molar-refractivity contribution is 0.0120. The van der Waals surface area contributed by atoms with Crippen LogP contribution in [0, 0.1) is 5.41 Å². The molecule has 0 amide bonds. The van der Waals surface area contributed by atoms with Crippen LogP contribution in [0.25, 0.3) is 0 Å². The first-order chi connectivity index (χ1) is 10.1. The van der Waals surface area contributed by atoms with Crippen LogP contribution in [-0.2, 0) is 12.0 Å². The lowest BCUT2D eigenvalue weighted by Crippen LogP contribution is -2.56. The Hall–Kier alpha value is -0.860. The second-order valence-electron chi connectivity index (χ2n) is 7.40. The van der Waals surface area contributed by atoms with Crippen molar-refractivity contribution < 1.29 is 0 Å². The Balaban J connectivity index is 1.89. The van der Waals surface area contributed by atoms with Crippen LogP contribution in [0.2, 0.25) is 0 Å². The van der Waals surface area contributed by atoms with E-state index >= 15 is 0 Å². The minimum absolute atomic E-state index is 0.101. The van der Waals surface area contributed by atoms with Crippen molar-refractivity contribution in [3.63, 3.8) is 0 Å². The Kier molecular flexibility index (Phi) is 4.11. The number of piperidine rings is 1. The first-order valence-electron chi connectivity index (χ1n) is 8.67. The Morgan fingerprint density at radius 1 is 1.14 bits per heavy atom.